The molecular weight excluding hydrogens is 528 g/mol. The molecule has 2 aliphatic heterocycles. The molecule has 3 aliphatic rings. The van der Waals surface area contributed by atoms with Crippen molar-refractivity contribution in [1.82, 2.24) is 19.7 Å². The third kappa shape index (κ3) is 4.64. The number of fused-ring (bicyclic) bond motifs is 2. The Labute approximate surface area is 238 Å². The Balaban J connectivity index is 1.34. The van der Waals surface area contributed by atoms with Crippen molar-refractivity contribution in [1.29, 1.82) is 0 Å². The smallest absolute Gasteiger partial charge is 0.256 e. The number of benzene rings is 2. The molecule has 9 heteroatoms. The van der Waals surface area contributed by atoms with E-state index in [0.29, 0.717) is 36.8 Å². The Kier molecular flexibility index (Phi) is 6.82. The number of carbonyl (C=O) groups is 3. The van der Waals surface area contributed by atoms with E-state index in [9.17, 15) is 14.4 Å². The quantitative estimate of drug-likeness (QED) is 0.439. The minimum absolute atomic E-state index is 0.0289. The Morgan fingerprint density at radius 2 is 1.95 bits per heavy atom. The number of aromatic nitrogens is 1. The summed E-state index contributed by atoms with van der Waals surface area (Å²) in [6.45, 7) is 7.63. The molecule has 208 valence electrons. The average Bonchev–Trinajstić information content (AvgIpc) is 3.71. The summed E-state index contributed by atoms with van der Waals surface area (Å²) >= 11 is 6.53. The summed E-state index contributed by atoms with van der Waals surface area (Å²) in [6, 6.07) is 9.63. The van der Waals surface area contributed by atoms with Gasteiger partial charge in [-0.15, -0.1) is 0 Å². The molecule has 3 aromatic rings. The van der Waals surface area contributed by atoms with E-state index in [1.165, 1.54) is 6.08 Å². The highest BCUT2D eigenvalue weighted by atomic mass is 35.5. The van der Waals surface area contributed by atoms with E-state index >= 15 is 0 Å². The number of likely N-dealkylation sites (tertiary alicyclic amines) is 1. The highest BCUT2D eigenvalue weighted by Gasteiger charge is 2.38. The fraction of sp³-hybridized carbons (Fsp3) is 0.387. The number of aryl methyl sites for hydroxylation is 1. The first-order valence-corrected chi connectivity index (χ1v) is 14.1. The molecule has 0 bridgehead atoms. The number of hydrogen-bond donors (Lipinski definition) is 1. The number of hydrogen-bond acceptors (Lipinski definition) is 4. The van der Waals surface area contributed by atoms with Crippen LogP contribution in [-0.4, -0.2) is 64.9 Å². The van der Waals surface area contributed by atoms with Crippen LogP contribution >= 0.6 is 11.6 Å². The van der Waals surface area contributed by atoms with Gasteiger partial charge in [-0.3, -0.25) is 14.4 Å². The minimum atomic E-state index is -0.137. The summed E-state index contributed by atoms with van der Waals surface area (Å²) in [5.41, 5.74) is 5.63. The number of nitrogens with one attached hydrogen (secondary N) is 1. The van der Waals surface area contributed by atoms with Gasteiger partial charge in [-0.05, 0) is 61.6 Å². The van der Waals surface area contributed by atoms with Crippen LogP contribution in [0.25, 0.3) is 10.9 Å². The van der Waals surface area contributed by atoms with E-state index in [0.717, 1.165) is 58.3 Å². The first kappa shape index (κ1) is 26.4. The molecule has 2 fully saturated rings. The van der Waals surface area contributed by atoms with Gasteiger partial charge in [-0.1, -0.05) is 30.3 Å². The lowest BCUT2D eigenvalue weighted by Crippen LogP contribution is -2.61. The first-order valence-electron chi connectivity index (χ1n) is 13.8. The van der Waals surface area contributed by atoms with Gasteiger partial charge in [0.05, 0.1) is 24.2 Å². The van der Waals surface area contributed by atoms with Crippen LogP contribution in [0.1, 0.15) is 51.5 Å². The molecule has 2 aromatic carbocycles. The number of nitrogens with zero attached hydrogens (tertiary/aromatic N) is 3. The van der Waals surface area contributed by atoms with Crippen LogP contribution in [0.4, 0.5) is 0 Å². The van der Waals surface area contributed by atoms with E-state index in [1.54, 1.807) is 12.0 Å². The topological polar surface area (TPSA) is 83.9 Å². The van der Waals surface area contributed by atoms with Crippen molar-refractivity contribution in [2.75, 3.05) is 26.7 Å². The number of ether oxygens (including phenoxy) is 1. The molecule has 6 rings (SSSR count). The second-order valence-corrected chi connectivity index (χ2v) is 11.5. The fourth-order valence-corrected chi connectivity index (χ4v) is 6.51. The van der Waals surface area contributed by atoms with Crippen LogP contribution in [-0.2, 0) is 29.1 Å². The Morgan fingerprint density at radius 3 is 2.65 bits per heavy atom. The molecule has 0 atom stereocenters. The predicted molar refractivity (Wildman–Crippen MR) is 154 cm³/mol. The van der Waals surface area contributed by atoms with Gasteiger partial charge in [0, 0.05) is 53.8 Å². The van der Waals surface area contributed by atoms with Gasteiger partial charge in [-0.25, -0.2) is 0 Å². The normalized spacial score (nSPS) is 16.9. The van der Waals surface area contributed by atoms with Crippen molar-refractivity contribution in [3.63, 3.8) is 0 Å². The summed E-state index contributed by atoms with van der Waals surface area (Å²) in [6.07, 6.45) is 3.96. The Bertz CT molecular complexity index is 1550. The Morgan fingerprint density at radius 1 is 1.18 bits per heavy atom. The third-order valence-corrected chi connectivity index (χ3v) is 8.51. The molecule has 1 saturated carbocycles. The summed E-state index contributed by atoms with van der Waals surface area (Å²) in [4.78, 5) is 42.9. The van der Waals surface area contributed by atoms with Crippen molar-refractivity contribution in [3.8, 4) is 5.75 Å². The summed E-state index contributed by atoms with van der Waals surface area (Å²) in [5, 5.41) is 4.42. The van der Waals surface area contributed by atoms with Crippen molar-refractivity contribution >= 4 is 40.2 Å². The Hall–Kier alpha value is -3.78. The van der Waals surface area contributed by atoms with Crippen LogP contribution < -0.4 is 10.1 Å². The molecule has 1 saturated heterocycles. The highest BCUT2D eigenvalue weighted by Crippen LogP contribution is 2.46. The molecule has 8 nitrogen and oxygen atoms in total. The summed E-state index contributed by atoms with van der Waals surface area (Å²) < 4.78 is 7.59. The van der Waals surface area contributed by atoms with Crippen LogP contribution in [0.15, 0.2) is 43.0 Å². The highest BCUT2D eigenvalue weighted by molar-refractivity contribution is 6.31. The number of carbonyl (C=O) groups excluding carboxylic acids is 3. The zero-order chi connectivity index (χ0) is 28.1. The standard InChI is InChI=1S/C31H33ClN4O4/c1-4-27(38)35-15-22(16-35)33-26(37)17-36-29-18(2)12-21(32)13-24(29)28(30(36)19-8-9-19)31(39)34-11-10-23-20(14-34)6-5-7-25(23)40-3/h4-7,12-13,19,22H,1,8-11,14-17H2,2-3H3,(H,33,37). The summed E-state index contributed by atoms with van der Waals surface area (Å²) in [7, 11) is 1.67. The zero-order valence-corrected chi connectivity index (χ0v) is 23.6. The van der Waals surface area contributed by atoms with E-state index in [-0.39, 0.29) is 36.2 Å². The van der Waals surface area contributed by atoms with Crippen molar-refractivity contribution in [2.45, 2.75) is 51.2 Å². The number of amides is 3. The second-order valence-electron chi connectivity index (χ2n) is 11.0. The fourth-order valence-electron chi connectivity index (χ4n) is 6.24. The molecule has 0 spiro atoms. The van der Waals surface area contributed by atoms with Crippen molar-refractivity contribution in [3.05, 3.63) is 76.0 Å². The number of rotatable bonds is 7. The summed E-state index contributed by atoms with van der Waals surface area (Å²) in [5.74, 6) is 0.781. The second kappa shape index (κ2) is 10.3. The van der Waals surface area contributed by atoms with Crippen LogP contribution in [0, 0.1) is 6.92 Å². The SMILES string of the molecule is C=CC(=O)N1CC(NC(=O)Cn2c(C3CC3)c(C(=O)N3CCc4c(cccc4OC)C3)c3cc(Cl)cc(C)c32)C1. The van der Waals surface area contributed by atoms with Crippen molar-refractivity contribution in [2.24, 2.45) is 0 Å². The van der Waals surface area contributed by atoms with E-state index in [4.69, 9.17) is 16.3 Å². The van der Waals surface area contributed by atoms with E-state index in [1.807, 2.05) is 40.7 Å². The number of halogens is 1. The molecule has 1 aliphatic carbocycles. The molecule has 3 heterocycles. The van der Waals surface area contributed by atoms with E-state index < -0.39 is 0 Å². The van der Waals surface area contributed by atoms with Crippen molar-refractivity contribution < 1.29 is 19.1 Å². The largest absolute Gasteiger partial charge is 0.496 e. The van der Waals surface area contributed by atoms with E-state index in [2.05, 4.69) is 18.0 Å². The number of methoxy groups -OCH3 is 1. The molecule has 3 amide bonds. The van der Waals surface area contributed by atoms with Crippen LogP contribution in [0.3, 0.4) is 0 Å². The maximum absolute atomic E-state index is 14.3. The molecule has 0 radical (unpaired) electrons. The van der Waals surface area contributed by atoms with Crippen LogP contribution in [0.5, 0.6) is 5.75 Å². The van der Waals surface area contributed by atoms with Gasteiger partial charge in [-0.2, -0.15) is 0 Å². The van der Waals surface area contributed by atoms with Gasteiger partial charge in [0.15, 0.2) is 0 Å². The average molecular weight is 561 g/mol. The zero-order valence-electron chi connectivity index (χ0n) is 22.8. The maximum Gasteiger partial charge on any atom is 0.256 e. The molecule has 40 heavy (non-hydrogen) atoms. The third-order valence-electron chi connectivity index (χ3n) is 8.29. The first-order chi connectivity index (χ1) is 19.3. The van der Waals surface area contributed by atoms with Gasteiger partial charge in [0.25, 0.3) is 5.91 Å². The minimum Gasteiger partial charge on any atom is -0.496 e. The van der Waals surface area contributed by atoms with Gasteiger partial charge in [0.2, 0.25) is 11.8 Å². The molecular formula is C31H33ClN4O4. The van der Waals surface area contributed by atoms with Crippen LogP contribution in [0.2, 0.25) is 5.02 Å². The van der Waals surface area contributed by atoms with Gasteiger partial charge in [0.1, 0.15) is 12.3 Å². The molecule has 0 unspecified atom stereocenters. The monoisotopic (exact) mass is 560 g/mol. The lowest BCUT2D eigenvalue weighted by atomic mass is 9.97. The van der Waals surface area contributed by atoms with Gasteiger partial charge < -0.3 is 24.4 Å². The maximum atomic E-state index is 14.3. The molecule has 1 N–H and O–H groups in total. The molecule has 1 aromatic heterocycles. The lowest BCUT2D eigenvalue weighted by Gasteiger charge is -2.39. The van der Waals surface area contributed by atoms with Gasteiger partial charge >= 0.3 is 0 Å². The predicted octanol–water partition coefficient (Wildman–Crippen LogP) is 4.20. The lowest BCUT2D eigenvalue weighted by molar-refractivity contribution is -0.133.